The molecule has 0 saturated heterocycles. The Balaban J connectivity index is 3.63. The van der Waals surface area contributed by atoms with Crippen LogP contribution in [0.1, 0.15) is 47.0 Å². The Bertz CT molecular complexity index is 123. The van der Waals surface area contributed by atoms with Crippen LogP contribution >= 0.6 is 12.6 Å². The van der Waals surface area contributed by atoms with E-state index >= 15 is 0 Å². The quantitative estimate of drug-likeness (QED) is 0.481. The Morgan fingerprint density at radius 3 is 2.07 bits per heavy atom. The second-order valence-corrected chi connectivity index (χ2v) is 5.21. The van der Waals surface area contributed by atoms with Crippen molar-refractivity contribution in [3.63, 3.8) is 0 Å². The molecule has 0 aliphatic carbocycles. The summed E-state index contributed by atoms with van der Waals surface area (Å²) in [4.78, 5) is 2.59. The molecule has 0 unspecified atom stereocenters. The molecule has 0 heterocycles. The normalized spacial score (nSPS) is 12.0. The molecule has 0 rings (SSSR count). The highest BCUT2D eigenvalue weighted by molar-refractivity contribution is 7.80. The number of thiol groups is 1. The second-order valence-electron chi connectivity index (χ2n) is 4.77. The summed E-state index contributed by atoms with van der Waals surface area (Å²) in [7, 11) is 0. The highest BCUT2D eigenvalue weighted by Gasteiger charge is 2.09. The summed E-state index contributed by atoms with van der Waals surface area (Å²) in [6.45, 7) is 11.7. The lowest BCUT2D eigenvalue weighted by molar-refractivity contribution is 0.194. The molecule has 14 heavy (non-hydrogen) atoms. The average molecular weight is 217 g/mol. The van der Waals surface area contributed by atoms with Crippen LogP contribution in [0.3, 0.4) is 0 Å². The van der Waals surface area contributed by atoms with Crippen molar-refractivity contribution in [3.05, 3.63) is 0 Å². The molecular weight excluding hydrogens is 190 g/mol. The molecule has 1 nitrogen and oxygen atoms in total. The van der Waals surface area contributed by atoms with Gasteiger partial charge in [0.2, 0.25) is 0 Å². The monoisotopic (exact) mass is 217 g/mol. The van der Waals surface area contributed by atoms with Gasteiger partial charge in [0.25, 0.3) is 0 Å². The maximum atomic E-state index is 4.23. The lowest BCUT2D eigenvalue weighted by Gasteiger charge is -2.28. The third kappa shape index (κ3) is 7.69. The summed E-state index contributed by atoms with van der Waals surface area (Å²) in [5, 5.41) is 0. The molecule has 0 atom stereocenters. The molecule has 0 aromatic rings. The van der Waals surface area contributed by atoms with E-state index in [1.54, 1.807) is 0 Å². The van der Waals surface area contributed by atoms with Crippen LogP contribution < -0.4 is 0 Å². The molecule has 0 radical (unpaired) electrons. The average Bonchev–Trinajstić information content (AvgIpc) is 2.09. The molecule has 0 spiro atoms. The number of rotatable bonds is 8. The van der Waals surface area contributed by atoms with Gasteiger partial charge >= 0.3 is 0 Å². The Labute approximate surface area is 95.7 Å². The fourth-order valence-corrected chi connectivity index (χ4v) is 1.86. The van der Waals surface area contributed by atoms with Gasteiger partial charge in [0.05, 0.1) is 0 Å². The van der Waals surface area contributed by atoms with Gasteiger partial charge in [0, 0.05) is 12.6 Å². The van der Waals surface area contributed by atoms with E-state index in [0.29, 0.717) is 6.04 Å². The van der Waals surface area contributed by atoms with E-state index in [9.17, 15) is 0 Å². The first kappa shape index (κ1) is 14.3. The van der Waals surface area contributed by atoms with Crippen LogP contribution in [0.25, 0.3) is 0 Å². The van der Waals surface area contributed by atoms with Crippen molar-refractivity contribution in [3.8, 4) is 0 Å². The molecular formula is C12H27NS. The maximum Gasteiger partial charge on any atom is 0.00387 e. The third-order valence-corrected chi connectivity index (χ3v) is 2.75. The van der Waals surface area contributed by atoms with Crippen molar-refractivity contribution in [1.29, 1.82) is 0 Å². The topological polar surface area (TPSA) is 3.24 Å². The van der Waals surface area contributed by atoms with E-state index in [0.717, 1.165) is 11.7 Å². The lowest BCUT2D eigenvalue weighted by atomic mass is 10.1. The molecule has 0 aromatic heterocycles. The van der Waals surface area contributed by atoms with E-state index in [4.69, 9.17) is 0 Å². The van der Waals surface area contributed by atoms with Gasteiger partial charge < -0.3 is 4.90 Å². The molecule has 2 heteroatoms. The van der Waals surface area contributed by atoms with E-state index in [1.165, 1.54) is 32.4 Å². The molecule has 0 aromatic carbocycles. The van der Waals surface area contributed by atoms with Gasteiger partial charge in [-0.05, 0) is 44.9 Å². The summed E-state index contributed by atoms with van der Waals surface area (Å²) < 4.78 is 0. The van der Waals surface area contributed by atoms with Crippen LogP contribution in [0.5, 0.6) is 0 Å². The highest BCUT2D eigenvalue weighted by Crippen LogP contribution is 2.07. The molecule has 0 saturated carbocycles. The van der Waals surface area contributed by atoms with Gasteiger partial charge in [-0.3, -0.25) is 0 Å². The van der Waals surface area contributed by atoms with Crippen molar-refractivity contribution in [2.75, 3.05) is 18.8 Å². The van der Waals surface area contributed by atoms with Gasteiger partial charge in [-0.25, -0.2) is 0 Å². The first-order valence-corrected chi connectivity index (χ1v) is 6.56. The minimum atomic E-state index is 0.688. The fraction of sp³-hybridized carbons (Fsp3) is 1.00. The molecule has 0 N–H and O–H groups in total. The first-order valence-electron chi connectivity index (χ1n) is 5.92. The number of nitrogens with zero attached hydrogens (tertiary/aromatic N) is 1. The number of hydrogen-bond donors (Lipinski definition) is 1. The third-order valence-electron chi connectivity index (χ3n) is 2.43. The Hall–Kier alpha value is 0.310. The highest BCUT2D eigenvalue weighted by atomic mass is 32.1. The van der Waals surface area contributed by atoms with Crippen LogP contribution in [-0.2, 0) is 0 Å². The Morgan fingerprint density at radius 1 is 1.00 bits per heavy atom. The summed E-state index contributed by atoms with van der Waals surface area (Å²) in [6.07, 6.45) is 3.91. The van der Waals surface area contributed by atoms with Crippen molar-refractivity contribution >= 4 is 12.6 Å². The minimum absolute atomic E-state index is 0.688. The zero-order chi connectivity index (χ0) is 11.0. The van der Waals surface area contributed by atoms with Gasteiger partial charge in [0.15, 0.2) is 0 Å². The first-order chi connectivity index (χ1) is 6.57. The fourth-order valence-electron chi connectivity index (χ4n) is 1.63. The predicted octanol–water partition coefficient (Wildman–Crippen LogP) is 3.45. The van der Waals surface area contributed by atoms with Crippen molar-refractivity contribution < 1.29 is 0 Å². The summed E-state index contributed by atoms with van der Waals surface area (Å²) >= 11 is 4.23. The van der Waals surface area contributed by atoms with Crippen molar-refractivity contribution in [2.24, 2.45) is 5.92 Å². The molecule has 0 aliphatic rings. The van der Waals surface area contributed by atoms with Gasteiger partial charge in [0.1, 0.15) is 0 Å². The number of hydrogen-bond acceptors (Lipinski definition) is 2. The summed E-state index contributed by atoms with van der Waals surface area (Å²) in [5.74, 6) is 1.81. The van der Waals surface area contributed by atoms with Gasteiger partial charge in [-0.2, -0.15) is 12.6 Å². The number of unbranched alkanes of at least 4 members (excludes halogenated alkanes) is 2. The van der Waals surface area contributed by atoms with E-state index in [-0.39, 0.29) is 0 Å². The maximum absolute atomic E-state index is 4.23. The second kappa shape index (κ2) is 8.60. The van der Waals surface area contributed by atoms with Crippen LogP contribution in [0.4, 0.5) is 0 Å². The largest absolute Gasteiger partial charge is 0.301 e. The van der Waals surface area contributed by atoms with E-state index in [1.807, 2.05) is 0 Å². The van der Waals surface area contributed by atoms with E-state index < -0.39 is 0 Å². The molecule has 0 bridgehead atoms. The van der Waals surface area contributed by atoms with Crippen molar-refractivity contribution in [2.45, 2.75) is 53.0 Å². The van der Waals surface area contributed by atoms with Crippen molar-refractivity contribution in [1.82, 2.24) is 4.90 Å². The standard InChI is InChI=1S/C12H27NS/c1-11(2)10-13(12(3)4)8-6-5-7-9-14/h11-12,14H,5-10H2,1-4H3. The zero-order valence-electron chi connectivity index (χ0n) is 10.3. The van der Waals surface area contributed by atoms with Gasteiger partial charge in [-0.15, -0.1) is 0 Å². The lowest BCUT2D eigenvalue weighted by Crippen LogP contribution is -2.34. The van der Waals surface area contributed by atoms with Gasteiger partial charge in [-0.1, -0.05) is 20.3 Å². The minimum Gasteiger partial charge on any atom is -0.301 e. The molecule has 0 fully saturated rings. The Kier molecular flexibility index (Phi) is 8.80. The SMILES string of the molecule is CC(C)CN(CCCCCS)C(C)C. The van der Waals surface area contributed by atoms with Crippen LogP contribution in [0, 0.1) is 5.92 Å². The van der Waals surface area contributed by atoms with Crippen LogP contribution in [0.2, 0.25) is 0 Å². The smallest absolute Gasteiger partial charge is 0.00387 e. The summed E-state index contributed by atoms with van der Waals surface area (Å²) in [5.41, 5.74) is 0. The van der Waals surface area contributed by atoms with Crippen LogP contribution in [0.15, 0.2) is 0 Å². The molecule has 86 valence electrons. The van der Waals surface area contributed by atoms with E-state index in [2.05, 4.69) is 45.2 Å². The Morgan fingerprint density at radius 2 is 1.64 bits per heavy atom. The molecule has 0 amide bonds. The zero-order valence-corrected chi connectivity index (χ0v) is 11.2. The summed E-state index contributed by atoms with van der Waals surface area (Å²) in [6, 6.07) is 0.688. The van der Waals surface area contributed by atoms with Crippen LogP contribution in [-0.4, -0.2) is 29.8 Å². The molecule has 0 aliphatic heterocycles. The predicted molar refractivity (Wildman–Crippen MR) is 69.3 cm³/mol.